The Morgan fingerprint density at radius 3 is 2.53 bits per heavy atom. The maximum absolute atomic E-state index is 12.2. The van der Waals surface area contributed by atoms with Crippen molar-refractivity contribution in [1.29, 1.82) is 0 Å². The summed E-state index contributed by atoms with van der Waals surface area (Å²) in [6.45, 7) is 6.58. The highest BCUT2D eigenvalue weighted by Gasteiger charge is 2.38. The van der Waals surface area contributed by atoms with Crippen molar-refractivity contribution in [3.05, 3.63) is 0 Å². The summed E-state index contributed by atoms with van der Waals surface area (Å²) in [6.07, 6.45) is 4.69. The molecule has 3 nitrogen and oxygen atoms in total. The molecule has 1 aliphatic carbocycles. The summed E-state index contributed by atoms with van der Waals surface area (Å²) in [7, 11) is 0. The monoisotopic (exact) mass is 236 g/mol. The zero-order valence-electron chi connectivity index (χ0n) is 10.8. The number of rotatable bonds is 2. The molecule has 2 heterocycles. The lowest BCUT2D eigenvalue weighted by atomic mass is 10.0. The van der Waals surface area contributed by atoms with Gasteiger partial charge >= 0.3 is 0 Å². The third kappa shape index (κ3) is 2.35. The summed E-state index contributed by atoms with van der Waals surface area (Å²) in [6, 6.07) is 0. The molecule has 0 aromatic heterocycles. The number of nitrogens with one attached hydrogen (secondary N) is 1. The van der Waals surface area contributed by atoms with Crippen molar-refractivity contribution in [1.82, 2.24) is 10.2 Å². The van der Waals surface area contributed by atoms with Gasteiger partial charge in [0.1, 0.15) is 0 Å². The van der Waals surface area contributed by atoms with Gasteiger partial charge < -0.3 is 10.2 Å². The van der Waals surface area contributed by atoms with E-state index in [1.54, 1.807) is 0 Å². The summed E-state index contributed by atoms with van der Waals surface area (Å²) >= 11 is 0. The molecular formula is C14H24N2O. The highest BCUT2D eigenvalue weighted by Crippen LogP contribution is 2.34. The molecule has 1 amide bonds. The Morgan fingerprint density at radius 2 is 1.94 bits per heavy atom. The minimum Gasteiger partial charge on any atom is -0.342 e. The highest BCUT2D eigenvalue weighted by molar-refractivity contribution is 5.76. The molecule has 4 atom stereocenters. The second-order valence-corrected chi connectivity index (χ2v) is 6.47. The lowest BCUT2D eigenvalue weighted by Gasteiger charge is -2.19. The third-order valence-electron chi connectivity index (χ3n) is 5.01. The van der Waals surface area contributed by atoms with Gasteiger partial charge in [-0.2, -0.15) is 0 Å². The molecule has 3 rings (SSSR count). The van der Waals surface area contributed by atoms with E-state index in [0.29, 0.717) is 11.8 Å². The van der Waals surface area contributed by atoms with Crippen LogP contribution < -0.4 is 5.32 Å². The van der Waals surface area contributed by atoms with E-state index < -0.39 is 0 Å². The van der Waals surface area contributed by atoms with Crippen LogP contribution >= 0.6 is 0 Å². The molecule has 1 N–H and O–H groups in total. The van der Waals surface area contributed by atoms with Crippen molar-refractivity contribution < 1.29 is 4.79 Å². The van der Waals surface area contributed by atoms with Crippen LogP contribution in [0.15, 0.2) is 0 Å². The van der Waals surface area contributed by atoms with E-state index in [-0.39, 0.29) is 0 Å². The van der Waals surface area contributed by atoms with Crippen LogP contribution in [0.1, 0.15) is 32.6 Å². The van der Waals surface area contributed by atoms with Crippen molar-refractivity contribution >= 4 is 5.91 Å². The minimum absolute atomic E-state index is 0.429. The quantitative estimate of drug-likeness (QED) is 0.788. The molecule has 1 saturated carbocycles. The lowest BCUT2D eigenvalue weighted by molar-refractivity contribution is -0.131. The number of likely N-dealkylation sites (tertiary alicyclic amines) is 1. The average Bonchev–Trinajstić information content (AvgIpc) is 2.92. The molecule has 17 heavy (non-hydrogen) atoms. The Labute approximate surface area is 104 Å². The van der Waals surface area contributed by atoms with Gasteiger partial charge in [-0.3, -0.25) is 4.79 Å². The highest BCUT2D eigenvalue weighted by atomic mass is 16.2. The summed E-state index contributed by atoms with van der Waals surface area (Å²) in [4.78, 5) is 14.4. The van der Waals surface area contributed by atoms with Crippen molar-refractivity contribution in [2.45, 2.75) is 32.6 Å². The Hall–Kier alpha value is -0.570. The third-order valence-corrected chi connectivity index (χ3v) is 5.01. The fraction of sp³-hybridized carbons (Fsp3) is 0.929. The van der Waals surface area contributed by atoms with Crippen LogP contribution in [0, 0.1) is 23.7 Å². The van der Waals surface area contributed by atoms with E-state index in [9.17, 15) is 4.79 Å². The molecule has 2 unspecified atom stereocenters. The number of fused-ring (bicyclic) bond motifs is 1. The van der Waals surface area contributed by atoms with Gasteiger partial charge in [-0.1, -0.05) is 13.3 Å². The Bertz CT molecular complexity index is 293. The van der Waals surface area contributed by atoms with Gasteiger partial charge in [0.05, 0.1) is 0 Å². The minimum atomic E-state index is 0.429. The zero-order chi connectivity index (χ0) is 11.8. The first-order valence-electron chi connectivity index (χ1n) is 7.21. The lowest BCUT2D eigenvalue weighted by Crippen LogP contribution is -2.32. The number of hydrogen-bond acceptors (Lipinski definition) is 2. The van der Waals surface area contributed by atoms with Crippen LogP contribution in [0.2, 0.25) is 0 Å². The smallest absolute Gasteiger partial charge is 0.222 e. The number of nitrogens with zero attached hydrogens (tertiary/aromatic N) is 1. The molecular weight excluding hydrogens is 212 g/mol. The Kier molecular flexibility index (Phi) is 3.12. The van der Waals surface area contributed by atoms with Gasteiger partial charge in [-0.15, -0.1) is 0 Å². The van der Waals surface area contributed by atoms with Crippen molar-refractivity contribution in [3.8, 4) is 0 Å². The van der Waals surface area contributed by atoms with Crippen LogP contribution in [0.3, 0.4) is 0 Å². The average molecular weight is 236 g/mol. The predicted molar refractivity (Wildman–Crippen MR) is 67.6 cm³/mol. The fourth-order valence-corrected chi connectivity index (χ4v) is 3.95. The summed E-state index contributed by atoms with van der Waals surface area (Å²) < 4.78 is 0. The number of amides is 1. The van der Waals surface area contributed by atoms with E-state index in [4.69, 9.17) is 0 Å². The number of hydrogen-bond donors (Lipinski definition) is 1. The standard InChI is InChI=1S/C14H24N2O/c1-10-2-3-11(4-10)5-14(17)16-8-12-6-15-7-13(12)9-16/h10-13,15H,2-9H2,1H3/t10?,11?,12-,13+. The Balaban J connectivity index is 1.50. The first-order chi connectivity index (χ1) is 8.22. The SMILES string of the molecule is CC1CCC(CC(=O)N2C[C@H]3CNC[C@H]3C2)C1. The second-order valence-electron chi connectivity index (χ2n) is 6.47. The molecule has 0 radical (unpaired) electrons. The first-order valence-corrected chi connectivity index (χ1v) is 7.21. The fourth-order valence-electron chi connectivity index (χ4n) is 3.95. The first kappa shape index (κ1) is 11.5. The maximum Gasteiger partial charge on any atom is 0.222 e. The largest absolute Gasteiger partial charge is 0.342 e. The molecule has 0 spiro atoms. The van der Waals surface area contributed by atoms with E-state index in [1.165, 1.54) is 19.3 Å². The number of carbonyl (C=O) groups excluding carboxylic acids is 1. The van der Waals surface area contributed by atoms with Gasteiger partial charge in [0.25, 0.3) is 0 Å². The maximum atomic E-state index is 12.2. The topological polar surface area (TPSA) is 32.3 Å². The van der Waals surface area contributed by atoms with Crippen molar-refractivity contribution in [3.63, 3.8) is 0 Å². The molecule has 0 aromatic rings. The zero-order valence-corrected chi connectivity index (χ0v) is 10.8. The van der Waals surface area contributed by atoms with Crippen molar-refractivity contribution in [2.75, 3.05) is 26.2 Å². The normalized spacial score (nSPS) is 40.9. The van der Waals surface area contributed by atoms with Gasteiger partial charge in [-0.05, 0) is 36.5 Å². The van der Waals surface area contributed by atoms with E-state index >= 15 is 0 Å². The summed E-state index contributed by atoms with van der Waals surface area (Å²) in [5.74, 6) is 3.42. The van der Waals surface area contributed by atoms with Crippen LogP contribution in [-0.2, 0) is 4.79 Å². The van der Waals surface area contributed by atoms with E-state index in [0.717, 1.165) is 50.4 Å². The van der Waals surface area contributed by atoms with E-state index in [2.05, 4.69) is 17.1 Å². The second kappa shape index (κ2) is 4.60. The predicted octanol–water partition coefficient (Wildman–Crippen LogP) is 1.49. The number of carbonyl (C=O) groups is 1. The van der Waals surface area contributed by atoms with E-state index in [1.807, 2.05) is 0 Å². The summed E-state index contributed by atoms with van der Waals surface area (Å²) in [5, 5.41) is 3.42. The molecule has 3 heteroatoms. The van der Waals surface area contributed by atoms with Crippen LogP contribution in [0.4, 0.5) is 0 Å². The molecule has 0 bridgehead atoms. The van der Waals surface area contributed by atoms with Gasteiger partial charge in [-0.25, -0.2) is 0 Å². The van der Waals surface area contributed by atoms with Crippen molar-refractivity contribution in [2.24, 2.45) is 23.7 Å². The molecule has 2 aliphatic heterocycles. The van der Waals surface area contributed by atoms with Gasteiger partial charge in [0.15, 0.2) is 0 Å². The molecule has 0 aromatic carbocycles. The van der Waals surface area contributed by atoms with Gasteiger partial charge in [0.2, 0.25) is 5.91 Å². The molecule has 3 fully saturated rings. The van der Waals surface area contributed by atoms with Crippen LogP contribution in [0.25, 0.3) is 0 Å². The summed E-state index contributed by atoms with van der Waals surface area (Å²) in [5.41, 5.74) is 0. The molecule has 3 aliphatic rings. The van der Waals surface area contributed by atoms with Crippen LogP contribution in [-0.4, -0.2) is 37.0 Å². The van der Waals surface area contributed by atoms with Gasteiger partial charge in [0, 0.05) is 32.6 Å². The Morgan fingerprint density at radius 1 is 1.24 bits per heavy atom. The molecule has 2 saturated heterocycles. The van der Waals surface area contributed by atoms with Crippen LogP contribution in [0.5, 0.6) is 0 Å². The molecule has 96 valence electrons.